The number of thiazole rings is 1. The van der Waals surface area contributed by atoms with Gasteiger partial charge in [0.1, 0.15) is 0 Å². The van der Waals surface area contributed by atoms with Crippen LogP contribution in [0.2, 0.25) is 0 Å². The van der Waals surface area contributed by atoms with Crippen LogP contribution >= 0.6 is 11.3 Å². The van der Waals surface area contributed by atoms with E-state index in [1.807, 2.05) is 19.2 Å². The third kappa shape index (κ3) is 5.22. The molecule has 1 aliphatic heterocycles. The van der Waals surface area contributed by atoms with Crippen LogP contribution in [0.1, 0.15) is 54.7 Å². The Morgan fingerprint density at radius 1 is 1.24 bits per heavy atom. The number of aromatic nitrogens is 1. The molecule has 1 N–H and O–H groups in total. The monoisotopic (exact) mass is 437 g/mol. The van der Waals surface area contributed by atoms with Crippen LogP contribution in [0.25, 0.3) is 0 Å². The van der Waals surface area contributed by atoms with Crippen LogP contribution in [-0.4, -0.2) is 48.9 Å². The molecule has 1 aromatic carbocycles. The molecule has 2 heterocycles. The zero-order chi connectivity index (χ0) is 21.2. The van der Waals surface area contributed by atoms with Gasteiger partial charge in [-0.25, -0.2) is 13.4 Å². The highest BCUT2D eigenvalue weighted by Gasteiger charge is 2.32. The van der Waals surface area contributed by atoms with E-state index in [4.69, 9.17) is 4.74 Å². The molecule has 2 aromatic rings. The maximum Gasteiger partial charge on any atom is 0.251 e. The summed E-state index contributed by atoms with van der Waals surface area (Å²) in [5.41, 5.74) is 1.23. The van der Waals surface area contributed by atoms with Crippen LogP contribution in [0.5, 0.6) is 0 Å². The van der Waals surface area contributed by atoms with E-state index < -0.39 is 10.0 Å². The van der Waals surface area contributed by atoms with E-state index in [0.29, 0.717) is 31.1 Å². The van der Waals surface area contributed by atoms with Crippen LogP contribution in [0.3, 0.4) is 0 Å². The fourth-order valence-corrected chi connectivity index (χ4v) is 5.62. The lowest BCUT2D eigenvalue weighted by molar-refractivity contribution is -0.0440. The Morgan fingerprint density at radius 3 is 2.41 bits per heavy atom. The maximum atomic E-state index is 12.9. The molecule has 0 spiro atoms. The number of ether oxygens (including phenoxy) is 1. The largest absolute Gasteiger partial charge is 0.373 e. The Bertz CT molecular complexity index is 944. The van der Waals surface area contributed by atoms with Gasteiger partial charge in [-0.3, -0.25) is 4.79 Å². The first-order valence-electron chi connectivity index (χ1n) is 9.65. The molecule has 0 saturated carbocycles. The molecule has 1 saturated heterocycles. The number of carbonyl (C=O) groups is 1. The highest BCUT2D eigenvalue weighted by atomic mass is 32.2. The van der Waals surface area contributed by atoms with Gasteiger partial charge in [-0.2, -0.15) is 4.31 Å². The number of rotatable bonds is 6. The molecule has 2 unspecified atom stereocenters. The molecule has 3 rings (SSSR count). The fourth-order valence-electron chi connectivity index (χ4n) is 3.20. The first-order valence-corrected chi connectivity index (χ1v) is 12.0. The molecule has 1 amide bonds. The number of hydrogen-bond donors (Lipinski definition) is 1. The summed E-state index contributed by atoms with van der Waals surface area (Å²) in [5.74, 6) is 0.0954. The van der Waals surface area contributed by atoms with Gasteiger partial charge < -0.3 is 10.1 Å². The quantitative estimate of drug-likeness (QED) is 0.751. The standard InChI is InChI=1S/C20H27N3O4S2/c1-13(2)20-22-17(12-28-20)9-21-19(24)16-5-7-18(8-6-16)29(25,26)23-10-14(3)27-15(4)11-23/h5-8,12-15H,9-11H2,1-4H3,(H,21,24). The van der Waals surface area contributed by atoms with Crippen molar-refractivity contribution >= 4 is 27.3 Å². The molecule has 2 atom stereocenters. The van der Waals surface area contributed by atoms with Crippen LogP contribution in [0.15, 0.2) is 34.5 Å². The van der Waals surface area contributed by atoms with E-state index in [1.54, 1.807) is 11.3 Å². The molecule has 7 nitrogen and oxygen atoms in total. The lowest BCUT2D eigenvalue weighted by Crippen LogP contribution is -2.48. The molecule has 1 aliphatic rings. The molecular weight excluding hydrogens is 410 g/mol. The van der Waals surface area contributed by atoms with Crippen molar-refractivity contribution in [3.05, 3.63) is 45.9 Å². The normalized spacial score (nSPS) is 20.7. The Morgan fingerprint density at radius 2 is 1.86 bits per heavy atom. The number of sulfonamides is 1. The first-order chi connectivity index (χ1) is 13.7. The van der Waals surface area contributed by atoms with Crippen molar-refractivity contribution in [3.8, 4) is 0 Å². The highest BCUT2D eigenvalue weighted by molar-refractivity contribution is 7.89. The Balaban J connectivity index is 1.64. The summed E-state index contributed by atoms with van der Waals surface area (Å²) in [5, 5.41) is 5.81. The second-order valence-corrected chi connectivity index (χ2v) is 10.4. The number of morpholine rings is 1. The smallest absolute Gasteiger partial charge is 0.251 e. The molecule has 1 fully saturated rings. The Kier molecular flexibility index (Phi) is 6.72. The third-order valence-electron chi connectivity index (χ3n) is 4.63. The molecule has 1 aromatic heterocycles. The minimum Gasteiger partial charge on any atom is -0.373 e. The zero-order valence-electron chi connectivity index (χ0n) is 17.1. The topological polar surface area (TPSA) is 88.6 Å². The van der Waals surface area contributed by atoms with E-state index >= 15 is 0 Å². The van der Waals surface area contributed by atoms with E-state index in [1.165, 1.54) is 28.6 Å². The van der Waals surface area contributed by atoms with Gasteiger partial charge in [0, 0.05) is 30.0 Å². The highest BCUT2D eigenvalue weighted by Crippen LogP contribution is 2.22. The molecular formula is C20H27N3O4S2. The average molecular weight is 438 g/mol. The van der Waals surface area contributed by atoms with Crippen molar-refractivity contribution in [3.63, 3.8) is 0 Å². The summed E-state index contributed by atoms with van der Waals surface area (Å²) in [6, 6.07) is 6.04. The summed E-state index contributed by atoms with van der Waals surface area (Å²) in [7, 11) is -3.62. The van der Waals surface area contributed by atoms with Crippen LogP contribution in [0, 0.1) is 0 Å². The summed E-state index contributed by atoms with van der Waals surface area (Å²) >= 11 is 1.58. The van der Waals surface area contributed by atoms with Crippen LogP contribution in [-0.2, 0) is 21.3 Å². The fraction of sp³-hybridized carbons (Fsp3) is 0.500. The third-order valence-corrected chi connectivity index (χ3v) is 7.67. The van der Waals surface area contributed by atoms with E-state index in [2.05, 4.69) is 24.1 Å². The van der Waals surface area contributed by atoms with Crippen LogP contribution in [0.4, 0.5) is 0 Å². The van der Waals surface area contributed by atoms with E-state index in [-0.39, 0.29) is 23.0 Å². The van der Waals surface area contributed by atoms with E-state index in [9.17, 15) is 13.2 Å². The molecule has 0 radical (unpaired) electrons. The van der Waals surface area contributed by atoms with Crippen LogP contribution < -0.4 is 5.32 Å². The van der Waals surface area contributed by atoms with Gasteiger partial charge in [0.25, 0.3) is 5.91 Å². The Labute approximate surface area is 176 Å². The first kappa shape index (κ1) is 21.9. The van der Waals surface area contributed by atoms with Gasteiger partial charge in [0.05, 0.1) is 34.3 Å². The molecule has 9 heteroatoms. The minimum absolute atomic E-state index is 0.152. The summed E-state index contributed by atoms with van der Waals surface area (Å²) in [6.45, 7) is 8.85. The number of benzene rings is 1. The molecule has 0 bridgehead atoms. The number of amides is 1. The predicted octanol–water partition coefficient (Wildman–Crippen LogP) is 2.99. The second kappa shape index (κ2) is 8.91. The molecule has 0 aliphatic carbocycles. The lowest BCUT2D eigenvalue weighted by atomic mass is 10.2. The van der Waals surface area contributed by atoms with Gasteiger partial charge in [-0.1, -0.05) is 13.8 Å². The number of hydrogen-bond acceptors (Lipinski definition) is 6. The summed E-state index contributed by atoms with van der Waals surface area (Å²) < 4.78 is 32.8. The maximum absolute atomic E-state index is 12.9. The van der Waals surface area contributed by atoms with E-state index in [0.717, 1.165) is 10.7 Å². The van der Waals surface area contributed by atoms with Crippen molar-refractivity contribution in [2.45, 2.75) is 57.3 Å². The summed E-state index contributed by atoms with van der Waals surface area (Å²) in [4.78, 5) is 17.1. The average Bonchev–Trinajstić information content (AvgIpc) is 3.15. The lowest BCUT2D eigenvalue weighted by Gasteiger charge is -2.34. The number of carbonyl (C=O) groups excluding carboxylic acids is 1. The molecule has 158 valence electrons. The van der Waals surface area contributed by atoms with Crippen molar-refractivity contribution in [2.24, 2.45) is 0 Å². The predicted molar refractivity (Wildman–Crippen MR) is 113 cm³/mol. The number of nitrogens with one attached hydrogen (secondary N) is 1. The minimum atomic E-state index is -3.62. The Hall–Kier alpha value is -1.81. The van der Waals surface area contributed by atoms with Crippen molar-refractivity contribution in [1.29, 1.82) is 0 Å². The zero-order valence-corrected chi connectivity index (χ0v) is 18.7. The van der Waals surface area contributed by atoms with Crippen molar-refractivity contribution < 1.29 is 17.9 Å². The summed E-state index contributed by atoms with van der Waals surface area (Å²) in [6.07, 6.45) is -0.305. The SMILES string of the molecule is CC1CN(S(=O)(=O)c2ccc(C(=O)NCc3csc(C(C)C)n3)cc2)CC(C)O1. The van der Waals surface area contributed by atoms with Gasteiger partial charge in [0.15, 0.2) is 0 Å². The van der Waals surface area contributed by atoms with Gasteiger partial charge >= 0.3 is 0 Å². The molecule has 29 heavy (non-hydrogen) atoms. The van der Waals surface area contributed by atoms with Gasteiger partial charge in [-0.05, 0) is 38.1 Å². The van der Waals surface area contributed by atoms with Gasteiger partial charge in [-0.15, -0.1) is 11.3 Å². The van der Waals surface area contributed by atoms with Crippen molar-refractivity contribution in [1.82, 2.24) is 14.6 Å². The van der Waals surface area contributed by atoms with Gasteiger partial charge in [0.2, 0.25) is 10.0 Å². The van der Waals surface area contributed by atoms with Crippen molar-refractivity contribution in [2.75, 3.05) is 13.1 Å². The number of nitrogens with zero attached hydrogens (tertiary/aromatic N) is 2. The second-order valence-electron chi connectivity index (χ2n) is 7.62.